The molecule has 1 aromatic rings. The second-order valence-electron chi connectivity index (χ2n) is 2.91. The van der Waals surface area contributed by atoms with Crippen molar-refractivity contribution in [1.82, 2.24) is 0 Å². The maximum Gasteiger partial charge on any atom is 0.124 e. The van der Waals surface area contributed by atoms with Crippen LogP contribution in [0, 0.1) is 13.8 Å². The Kier molecular flexibility index (Phi) is 2.58. The zero-order chi connectivity index (χ0) is 9.14. The lowest BCUT2D eigenvalue weighted by molar-refractivity contribution is 0.338. The first-order valence-corrected chi connectivity index (χ1v) is 4.14. The normalized spacial score (nSPS) is 9.92. The molecule has 0 aliphatic heterocycles. The van der Waals surface area contributed by atoms with Gasteiger partial charge in [0.05, 0.1) is 6.61 Å². The summed E-state index contributed by atoms with van der Waals surface area (Å²) in [5, 5.41) is 0. The number of hydrogen-bond acceptors (Lipinski definition) is 2. The second-order valence-corrected chi connectivity index (χ2v) is 2.91. The predicted octanol–water partition coefficient (Wildman–Crippen LogP) is 2.28. The largest absolute Gasteiger partial charge is 0.494 e. The molecule has 1 rings (SSSR count). The molecule has 2 N–H and O–H groups in total. The van der Waals surface area contributed by atoms with Crippen LogP contribution in [0.25, 0.3) is 0 Å². The second kappa shape index (κ2) is 3.48. The third-order valence-corrected chi connectivity index (χ3v) is 1.84. The van der Waals surface area contributed by atoms with Crippen LogP contribution in [0.2, 0.25) is 0 Å². The lowest BCUT2D eigenvalue weighted by Gasteiger charge is -2.09. The molecule has 0 spiro atoms. The van der Waals surface area contributed by atoms with Crippen molar-refractivity contribution < 1.29 is 4.74 Å². The number of benzene rings is 1. The van der Waals surface area contributed by atoms with Gasteiger partial charge in [-0.25, -0.2) is 0 Å². The standard InChI is InChI=1S/C10H15NO/c1-4-12-10-6-7(2)5-9(11)8(10)3/h5-6H,4,11H2,1-3H3. The Morgan fingerprint density at radius 1 is 1.33 bits per heavy atom. The zero-order valence-electron chi connectivity index (χ0n) is 7.85. The van der Waals surface area contributed by atoms with Gasteiger partial charge in [0.15, 0.2) is 0 Å². The molecule has 0 aliphatic rings. The number of hydrogen-bond donors (Lipinski definition) is 1. The fourth-order valence-electron chi connectivity index (χ4n) is 1.16. The SMILES string of the molecule is CCOc1cc(C)cc(N)c1C. The van der Waals surface area contributed by atoms with Crippen LogP contribution < -0.4 is 10.5 Å². The first-order valence-electron chi connectivity index (χ1n) is 4.14. The number of anilines is 1. The van der Waals surface area contributed by atoms with Crippen LogP contribution in [-0.4, -0.2) is 6.61 Å². The minimum atomic E-state index is 0.684. The number of rotatable bonds is 2. The van der Waals surface area contributed by atoms with Gasteiger partial charge in [-0.15, -0.1) is 0 Å². The Labute approximate surface area is 73.3 Å². The topological polar surface area (TPSA) is 35.2 Å². The van der Waals surface area contributed by atoms with Gasteiger partial charge in [-0.2, -0.15) is 0 Å². The Morgan fingerprint density at radius 3 is 2.58 bits per heavy atom. The molecule has 0 aliphatic carbocycles. The molecule has 0 amide bonds. The lowest BCUT2D eigenvalue weighted by Crippen LogP contribution is -1.98. The van der Waals surface area contributed by atoms with Gasteiger partial charge in [-0.05, 0) is 38.5 Å². The highest BCUT2D eigenvalue weighted by Crippen LogP contribution is 2.25. The molecule has 1 aromatic carbocycles. The first kappa shape index (κ1) is 8.91. The van der Waals surface area contributed by atoms with Gasteiger partial charge in [0.25, 0.3) is 0 Å². The number of ether oxygens (including phenoxy) is 1. The molecular weight excluding hydrogens is 150 g/mol. The number of nitrogen functional groups attached to an aromatic ring is 1. The minimum Gasteiger partial charge on any atom is -0.494 e. The third-order valence-electron chi connectivity index (χ3n) is 1.84. The van der Waals surface area contributed by atoms with Crippen LogP contribution in [0.1, 0.15) is 18.1 Å². The predicted molar refractivity (Wildman–Crippen MR) is 51.5 cm³/mol. The van der Waals surface area contributed by atoms with Crippen molar-refractivity contribution in [2.45, 2.75) is 20.8 Å². The molecule has 0 aromatic heterocycles. The minimum absolute atomic E-state index is 0.684. The van der Waals surface area contributed by atoms with E-state index in [9.17, 15) is 0 Å². The van der Waals surface area contributed by atoms with Crippen LogP contribution >= 0.6 is 0 Å². The molecule has 66 valence electrons. The van der Waals surface area contributed by atoms with Crippen molar-refractivity contribution in [3.8, 4) is 5.75 Å². The zero-order valence-corrected chi connectivity index (χ0v) is 7.85. The molecule has 0 unspecified atom stereocenters. The molecule has 2 nitrogen and oxygen atoms in total. The summed E-state index contributed by atoms with van der Waals surface area (Å²) in [7, 11) is 0. The van der Waals surface area contributed by atoms with Crippen molar-refractivity contribution >= 4 is 5.69 Å². The summed E-state index contributed by atoms with van der Waals surface area (Å²) in [6.07, 6.45) is 0. The van der Waals surface area contributed by atoms with Gasteiger partial charge in [0.1, 0.15) is 5.75 Å². The molecule has 0 heterocycles. The summed E-state index contributed by atoms with van der Waals surface area (Å²) in [5.74, 6) is 0.898. The van der Waals surface area contributed by atoms with Crippen molar-refractivity contribution in [3.05, 3.63) is 23.3 Å². The van der Waals surface area contributed by atoms with Crippen LogP contribution in [0.15, 0.2) is 12.1 Å². The van der Waals surface area contributed by atoms with Gasteiger partial charge in [0.2, 0.25) is 0 Å². The van der Waals surface area contributed by atoms with Crippen molar-refractivity contribution in [1.29, 1.82) is 0 Å². The van der Waals surface area contributed by atoms with E-state index < -0.39 is 0 Å². The van der Waals surface area contributed by atoms with Crippen molar-refractivity contribution in [2.24, 2.45) is 0 Å². The van der Waals surface area contributed by atoms with Crippen LogP contribution in [0.5, 0.6) is 5.75 Å². The molecule has 0 saturated carbocycles. The average Bonchev–Trinajstić information content (AvgIpc) is 2.00. The summed E-state index contributed by atoms with van der Waals surface area (Å²) in [4.78, 5) is 0. The van der Waals surface area contributed by atoms with E-state index in [1.807, 2.05) is 32.9 Å². The molecule has 0 radical (unpaired) electrons. The van der Waals surface area contributed by atoms with E-state index >= 15 is 0 Å². The van der Waals surface area contributed by atoms with E-state index in [1.165, 1.54) is 0 Å². The average molecular weight is 165 g/mol. The summed E-state index contributed by atoms with van der Waals surface area (Å²) in [6, 6.07) is 3.97. The first-order chi connectivity index (χ1) is 5.65. The molecule has 0 fully saturated rings. The summed E-state index contributed by atoms with van der Waals surface area (Å²) >= 11 is 0. The highest BCUT2D eigenvalue weighted by Gasteiger charge is 2.02. The molecular formula is C10H15NO. The van der Waals surface area contributed by atoms with Gasteiger partial charge in [0, 0.05) is 11.3 Å². The Bertz CT molecular complexity index is 281. The molecule has 12 heavy (non-hydrogen) atoms. The number of nitrogens with two attached hydrogens (primary N) is 1. The molecule has 2 heteroatoms. The van der Waals surface area contributed by atoms with E-state index in [-0.39, 0.29) is 0 Å². The van der Waals surface area contributed by atoms with E-state index in [2.05, 4.69) is 0 Å². The number of aryl methyl sites for hydroxylation is 1. The van der Waals surface area contributed by atoms with Crippen LogP contribution in [-0.2, 0) is 0 Å². The molecule has 0 atom stereocenters. The van der Waals surface area contributed by atoms with Crippen molar-refractivity contribution in [3.63, 3.8) is 0 Å². The van der Waals surface area contributed by atoms with Gasteiger partial charge in [-0.1, -0.05) is 0 Å². The summed E-state index contributed by atoms with van der Waals surface area (Å²) in [5.41, 5.74) is 8.75. The fraction of sp³-hybridized carbons (Fsp3) is 0.400. The summed E-state index contributed by atoms with van der Waals surface area (Å²) in [6.45, 7) is 6.64. The van der Waals surface area contributed by atoms with Crippen LogP contribution in [0.3, 0.4) is 0 Å². The fourth-order valence-corrected chi connectivity index (χ4v) is 1.16. The van der Waals surface area contributed by atoms with E-state index in [0.29, 0.717) is 6.61 Å². The van der Waals surface area contributed by atoms with Gasteiger partial charge in [-0.3, -0.25) is 0 Å². The maximum atomic E-state index is 5.77. The lowest BCUT2D eigenvalue weighted by atomic mass is 10.1. The smallest absolute Gasteiger partial charge is 0.124 e. The highest BCUT2D eigenvalue weighted by atomic mass is 16.5. The highest BCUT2D eigenvalue weighted by molar-refractivity contribution is 5.55. The van der Waals surface area contributed by atoms with E-state index in [4.69, 9.17) is 10.5 Å². The third kappa shape index (κ3) is 1.70. The molecule has 0 saturated heterocycles. The molecule has 0 bridgehead atoms. The summed E-state index contributed by atoms with van der Waals surface area (Å²) < 4.78 is 5.42. The van der Waals surface area contributed by atoms with Gasteiger partial charge >= 0.3 is 0 Å². The Hall–Kier alpha value is -1.18. The Morgan fingerprint density at radius 2 is 2.00 bits per heavy atom. The quantitative estimate of drug-likeness (QED) is 0.682. The van der Waals surface area contributed by atoms with Gasteiger partial charge < -0.3 is 10.5 Å². The monoisotopic (exact) mass is 165 g/mol. The van der Waals surface area contributed by atoms with Crippen molar-refractivity contribution in [2.75, 3.05) is 12.3 Å². The maximum absolute atomic E-state index is 5.77. The van der Waals surface area contributed by atoms with E-state index in [0.717, 1.165) is 22.6 Å². The van der Waals surface area contributed by atoms with Crippen LogP contribution in [0.4, 0.5) is 5.69 Å². The Balaban J connectivity index is 3.09. The van der Waals surface area contributed by atoms with E-state index in [1.54, 1.807) is 0 Å².